The third kappa shape index (κ3) is 4.76. The van der Waals surface area contributed by atoms with Gasteiger partial charge in [0.1, 0.15) is 11.4 Å². The average molecular weight is 383 g/mol. The lowest BCUT2D eigenvalue weighted by molar-refractivity contribution is 0.102. The van der Waals surface area contributed by atoms with E-state index in [-0.39, 0.29) is 18.0 Å². The highest BCUT2D eigenvalue weighted by molar-refractivity contribution is 6.03. The fraction of sp³-hybridized carbons (Fsp3) is 0.400. The number of aromatic nitrogens is 4. The van der Waals surface area contributed by atoms with Crippen molar-refractivity contribution in [3.63, 3.8) is 0 Å². The van der Waals surface area contributed by atoms with Crippen molar-refractivity contribution in [1.82, 2.24) is 20.0 Å². The third-order valence-electron chi connectivity index (χ3n) is 4.16. The van der Waals surface area contributed by atoms with E-state index in [2.05, 4.69) is 27.5 Å². The molecule has 0 saturated heterocycles. The molecule has 0 saturated carbocycles. The van der Waals surface area contributed by atoms with Crippen molar-refractivity contribution in [3.05, 3.63) is 42.1 Å². The second-order valence-electron chi connectivity index (χ2n) is 6.70. The zero-order valence-corrected chi connectivity index (χ0v) is 16.4. The highest BCUT2D eigenvalue weighted by Crippen LogP contribution is 2.22. The van der Waals surface area contributed by atoms with Gasteiger partial charge in [0.25, 0.3) is 11.8 Å². The number of benzene rings is 1. The first-order valence-corrected chi connectivity index (χ1v) is 9.50. The number of carbonyl (C=O) groups excluding carboxylic acids is 1. The van der Waals surface area contributed by atoms with Crippen LogP contribution in [0, 0.1) is 0 Å². The van der Waals surface area contributed by atoms with Crippen LogP contribution in [0.25, 0.3) is 11.6 Å². The van der Waals surface area contributed by atoms with E-state index in [9.17, 15) is 4.79 Å². The molecular formula is C20H25N5O3. The Morgan fingerprint density at radius 3 is 2.68 bits per heavy atom. The molecule has 0 aliphatic heterocycles. The third-order valence-corrected chi connectivity index (χ3v) is 4.16. The van der Waals surface area contributed by atoms with Crippen LogP contribution in [0.3, 0.4) is 0 Å². The maximum Gasteiger partial charge on any atom is 0.322 e. The molecule has 1 amide bonds. The average Bonchev–Trinajstić information content (AvgIpc) is 3.35. The van der Waals surface area contributed by atoms with Crippen molar-refractivity contribution in [2.75, 3.05) is 11.9 Å². The molecule has 3 aromatic rings. The number of unbranched alkanes of at least 4 members (excludes halogenated alkanes) is 2. The molecule has 1 aromatic carbocycles. The van der Waals surface area contributed by atoms with Gasteiger partial charge in [-0.15, -0.1) is 5.10 Å². The smallest absolute Gasteiger partial charge is 0.322 e. The Labute approximate surface area is 163 Å². The Bertz CT molecular complexity index is 899. The highest BCUT2D eigenvalue weighted by atomic mass is 16.5. The Hall–Kier alpha value is -3.16. The Morgan fingerprint density at radius 2 is 1.96 bits per heavy atom. The van der Waals surface area contributed by atoms with Crippen LogP contribution in [0.4, 0.5) is 6.01 Å². The van der Waals surface area contributed by atoms with Crippen molar-refractivity contribution in [2.24, 2.45) is 0 Å². The Kier molecular flexibility index (Phi) is 6.41. The number of hydrogen-bond donors (Lipinski definition) is 1. The molecule has 8 nitrogen and oxygen atoms in total. The molecule has 0 fully saturated rings. The molecule has 0 aliphatic carbocycles. The van der Waals surface area contributed by atoms with Crippen LogP contribution in [-0.2, 0) is 0 Å². The van der Waals surface area contributed by atoms with Gasteiger partial charge in [-0.05, 0) is 50.6 Å². The molecule has 148 valence electrons. The minimum Gasteiger partial charge on any atom is -0.494 e. The van der Waals surface area contributed by atoms with Gasteiger partial charge < -0.3 is 9.15 Å². The van der Waals surface area contributed by atoms with E-state index < -0.39 is 0 Å². The summed E-state index contributed by atoms with van der Waals surface area (Å²) in [6.45, 7) is 6.84. The van der Waals surface area contributed by atoms with Gasteiger partial charge in [-0.2, -0.15) is 5.10 Å². The van der Waals surface area contributed by atoms with E-state index in [4.69, 9.17) is 9.15 Å². The highest BCUT2D eigenvalue weighted by Gasteiger charge is 2.17. The molecule has 0 radical (unpaired) electrons. The Balaban J connectivity index is 1.61. The van der Waals surface area contributed by atoms with Gasteiger partial charge in [-0.3, -0.25) is 14.8 Å². The molecule has 2 heterocycles. The monoisotopic (exact) mass is 383 g/mol. The second-order valence-corrected chi connectivity index (χ2v) is 6.70. The number of amides is 1. The van der Waals surface area contributed by atoms with Crippen molar-refractivity contribution >= 4 is 11.9 Å². The topological polar surface area (TPSA) is 95.1 Å². The lowest BCUT2D eigenvalue weighted by atomic mass is 10.2. The molecule has 0 unspecified atom stereocenters. The summed E-state index contributed by atoms with van der Waals surface area (Å²) in [6, 6.07) is 8.95. The van der Waals surface area contributed by atoms with E-state index in [0.717, 1.165) is 25.0 Å². The zero-order valence-electron chi connectivity index (χ0n) is 16.4. The van der Waals surface area contributed by atoms with Gasteiger partial charge >= 0.3 is 6.01 Å². The van der Waals surface area contributed by atoms with Crippen LogP contribution < -0.4 is 10.1 Å². The van der Waals surface area contributed by atoms with E-state index in [1.165, 1.54) is 0 Å². The SMILES string of the molecule is CCCCCOc1ccc(C(=O)Nc2nnc(-c3ccnn3C(C)C)o2)cc1. The molecule has 0 aliphatic rings. The fourth-order valence-electron chi connectivity index (χ4n) is 2.69. The fourth-order valence-corrected chi connectivity index (χ4v) is 2.69. The lowest BCUT2D eigenvalue weighted by Gasteiger charge is -2.07. The number of hydrogen-bond acceptors (Lipinski definition) is 6. The van der Waals surface area contributed by atoms with E-state index in [1.807, 2.05) is 13.8 Å². The molecule has 1 N–H and O–H groups in total. The second kappa shape index (κ2) is 9.16. The minimum atomic E-state index is -0.329. The maximum absolute atomic E-state index is 12.4. The number of carbonyl (C=O) groups is 1. The predicted molar refractivity (Wildman–Crippen MR) is 105 cm³/mol. The summed E-state index contributed by atoms with van der Waals surface area (Å²) < 4.78 is 13.0. The molecule has 8 heteroatoms. The van der Waals surface area contributed by atoms with Crippen LogP contribution in [0.2, 0.25) is 0 Å². The van der Waals surface area contributed by atoms with Crippen molar-refractivity contribution in [3.8, 4) is 17.3 Å². The van der Waals surface area contributed by atoms with Crippen molar-refractivity contribution in [1.29, 1.82) is 0 Å². The van der Waals surface area contributed by atoms with Gasteiger partial charge in [-0.1, -0.05) is 24.9 Å². The zero-order chi connectivity index (χ0) is 19.9. The first-order chi connectivity index (χ1) is 13.6. The van der Waals surface area contributed by atoms with Crippen LogP contribution in [-0.4, -0.2) is 32.5 Å². The number of rotatable bonds is 9. The normalized spacial score (nSPS) is 11.0. The molecule has 28 heavy (non-hydrogen) atoms. The standard InChI is InChI=1S/C20H25N5O3/c1-4-5-6-13-27-16-9-7-15(8-10-16)18(26)22-20-24-23-19(28-20)17-11-12-21-25(17)14(2)3/h7-12,14H,4-6,13H2,1-3H3,(H,22,24,26). The quantitative estimate of drug-likeness (QED) is 0.553. The summed E-state index contributed by atoms with van der Waals surface area (Å²) in [5.74, 6) is 0.720. The van der Waals surface area contributed by atoms with Crippen LogP contribution in [0.5, 0.6) is 5.75 Å². The summed E-state index contributed by atoms with van der Waals surface area (Å²) in [5, 5.41) is 14.8. The molecule has 0 spiro atoms. The summed E-state index contributed by atoms with van der Waals surface area (Å²) in [7, 11) is 0. The van der Waals surface area contributed by atoms with Crippen LogP contribution >= 0.6 is 0 Å². The van der Waals surface area contributed by atoms with Crippen molar-refractivity contribution in [2.45, 2.75) is 46.1 Å². The molecular weight excluding hydrogens is 358 g/mol. The van der Waals surface area contributed by atoms with E-state index in [0.29, 0.717) is 23.8 Å². The van der Waals surface area contributed by atoms with Crippen LogP contribution in [0.15, 0.2) is 40.9 Å². The van der Waals surface area contributed by atoms with Crippen molar-refractivity contribution < 1.29 is 13.9 Å². The van der Waals surface area contributed by atoms with E-state index in [1.54, 1.807) is 41.2 Å². The Morgan fingerprint density at radius 1 is 1.18 bits per heavy atom. The first-order valence-electron chi connectivity index (χ1n) is 9.50. The number of ether oxygens (including phenoxy) is 1. The maximum atomic E-state index is 12.4. The molecule has 0 atom stereocenters. The molecule has 2 aromatic heterocycles. The number of anilines is 1. The first kappa shape index (κ1) is 19.6. The summed E-state index contributed by atoms with van der Waals surface area (Å²) >= 11 is 0. The van der Waals surface area contributed by atoms with Gasteiger partial charge in [0.15, 0.2) is 0 Å². The van der Waals surface area contributed by atoms with Gasteiger partial charge in [-0.25, -0.2) is 0 Å². The predicted octanol–water partition coefficient (Wildman–Crippen LogP) is 4.34. The summed E-state index contributed by atoms with van der Waals surface area (Å²) in [5.41, 5.74) is 1.18. The lowest BCUT2D eigenvalue weighted by Crippen LogP contribution is -2.12. The number of nitrogens with zero attached hydrogens (tertiary/aromatic N) is 4. The van der Waals surface area contributed by atoms with Gasteiger partial charge in [0, 0.05) is 17.8 Å². The number of nitrogens with one attached hydrogen (secondary N) is 1. The minimum absolute atomic E-state index is 0.0383. The van der Waals surface area contributed by atoms with Gasteiger partial charge in [0.05, 0.1) is 6.61 Å². The van der Waals surface area contributed by atoms with Crippen LogP contribution in [0.1, 0.15) is 56.4 Å². The van der Waals surface area contributed by atoms with Gasteiger partial charge in [0.2, 0.25) is 0 Å². The largest absolute Gasteiger partial charge is 0.494 e. The summed E-state index contributed by atoms with van der Waals surface area (Å²) in [4.78, 5) is 12.4. The van der Waals surface area contributed by atoms with E-state index >= 15 is 0 Å². The molecule has 0 bridgehead atoms. The summed E-state index contributed by atoms with van der Waals surface area (Å²) in [6.07, 6.45) is 4.99. The molecule has 3 rings (SSSR count).